The van der Waals surface area contributed by atoms with Crippen LogP contribution in [0.15, 0.2) is 54.6 Å². The van der Waals surface area contributed by atoms with Gasteiger partial charge in [0.25, 0.3) is 0 Å². The van der Waals surface area contributed by atoms with Gasteiger partial charge >= 0.3 is 0 Å². The minimum Gasteiger partial charge on any atom is -0.383 e. The first-order valence-corrected chi connectivity index (χ1v) is 9.75. The molecule has 29 heavy (non-hydrogen) atoms. The quantitative estimate of drug-likeness (QED) is 0.520. The Bertz CT molecular complexity index is 1150. The van der Waals surface area contributed by atoms with Crippen molar-refractivity contribution in [2.24, 2.45) is 5.92 Å². The summed E-state index contributed by atoms with van der Waals surface area (Å²) in [5.41, 5.74) is 9.52. The van der Waals surface area contributed by atoms with Gasteiger partial charge in [-0.15, -0.1) is 5.10 Å². The number of anilines is 2. The summed E-state index contributed by atoms with van der Waals surface area (Å²) in [4.78, 5) is 9.30. The third-order valence-electron chi connectivity index (χ3n) is 5.18. The van der Waals surface area contributed by atoms with Crippen LogP contribution in [0.1, 0.15) is 18.4 Å². The zero-order valence-corrected chi connectivity index (χ0v) is 15.8. The SMILES string of the molecule is Nc1c2c(-c3ccc(F)cc3)nc(NCC3CC3)nc2nn1Cc1ccccc1. The maximum Gasteiger partial charge on any atom is 0.225 e. The van der Waals surface area contributed by atoms with Crippen LogP contribution in [0, 0.1) is 11.7 Å². The molecule has 1 fully saturated rings. The van der Waals surface area contributed by atoms with E-state index in [1.807, 2.05) is 30.3 Å². The summed E-state index contributed by atoms with van der Waals surface area (Å²) in [6, 6.07) is 16.3. The summed E-state index contributed by atoms with van der Waals surface area (Å²) >= 11 is 0. The molecule has 7 heteroatoms. The topological polar surface area (TPSA) is 81.7 Å². The van der Waals surface area contributed by atoms with E-state index in [4.69, 9.17) is 10.7 Å². The molecule has 6 nitrogen and oxygen atoms in total. The van der Waals surface area contributed by atoms with E-state index in [9.17, 15) is 4.39 Å². The van der Waals surface area contributed by atoms with Crippen molar-refractivity contribution in [2.75, 3.05) is 17.6 Å². The minimum atomic E-state index is -0.293. The highest BCUT2D eigenvalue weighted by atomic mass is 19.1. The zero-order valence-electron chi connectivity index (χ0n) is 15.8. The molecule has 1 saturated carbocycles. The zero-order chi connectivity index (χ0) is 19.8. The Morgan fingerprint density at radius 3 is 2.52 bits per heavy atom. The van der Waals surface area contributed by atoms with Crippen LogP contribution >= 0.6 is 0 Å². The second kappa shape index (κ2) is 7.16. The number of nitrogens with two attached hydrogens (primary N) is 1. The van der Waals surface area contributed by atoms with Gasteiger partial charge in [-0.05, 0) is 48.6 Å². The van der Waals surface area contributed by atoms with Gasteiger partial charge in [-0.3, -0.25) is 0 Å². The molecule has 3 N–H and O–H groups in total. The minimum absolute atomic E-state index is 0.293. The van der Waals surface area contributed by atoms with E-state index in [1.165, 1.54) is 25.0 Å². The standard InChI is InChI=1S/C22H21FN6/c23-17-10-8-16(9-11-17)19-18-20(24)29(13-15-4-2-1-3-5-15)28-21(18)27-22(26-19)25-12-14-6-7-14/h1-5,8-11,14H,6-7,12-13,24H2,(H,25,27,28). The Morgan fingerprint density at radius 2 is 1.79 bits per heavy atom. The van der Waals surface area contributed by atoms with Crippen LogP contribution < -0.4 is 11.1 Å². The molecular weight excluding hydrogens is 367 g/mol. The molecule has 146 valence electrons. The highest BCUT2D eigenvalue weighted by molar-refractivity contribution is 5.98. The van der Waals surface area contributed by atoms with Gasteiger partial charge in [0.15, 0.2) is 5.65 Å². The molecule has 1 aliphatic rings. The summed E-state index contributed by atoms with van der Waals surface area (Å²) in [6.45, 7) is 1.38. The van der Waals surface area contributed by atoms with E-state index in [0.29, 0.717) is 41.0 Å². The van der Waals surface area contributed by atoms with Gasteiger partial charge in [0.1, 0.15) is 11.6 Å². The van der Waals surface area contributed by atoms with Crippen molar-refractivity contribution in [2.45, 2.75) is 19.4 Å². The molecule has 0 saturated heterocycles. The van der Waals surface area contributed by atoms with Crippen molar-refractivity contribution >= 4 is 22.8 Å². The molecule has 0 aliphatic heterocycles. The Labute approximate surface area is 167 Å². The third kappa shape index (κ3) is 3.63. The van der Waals surface area contributed by atoms with Crippen LogP contribution in [0.5, 0.6) is 0 Å². The lowest BCUT2D eigenvalue weighted by Gasteiger charge is -2.08. The van der Waals surface area contributed by atoms with E-state index in [1.54, 1.807) is 16.8 Å². The first-order valence-electron chi connectivity index (χ1n) is 9.75. The van der Waals surface area contributed by atoms with Crippen molar-refractivity contribution in [3.63, 3.8) is 0 Å². The lowest BCUT2D eigenvalue weighted by atomic mass is 10.1. The maximum absolute atomic E-state index is 13.5. The van der Waals surface area contributed by atoms with Crippen LogP contribution in [0.3, 0.4) is 0 Å². The summed E-state index contributed by atoms with van der Waals surface area (Å²) in [7, 11) is 0. The molecule has 0 amide bonds. The fourth-order valence-corrected chi connectivity index (χ4v) is 3.38. The average Bonchev–Trinajstić information content (AvgIpc) is 3.52. The van der Waals surface area contributed by atoms with Crippen molar-refractivity contribution in [3.8, 4) is 11.3 Å². The van der Waals surface area contributed by atoms with Gasteiger partial charge in [-0.1, -0.05) is 30.3 Å². The highest BCUT2D eigenvalue weighted by Crippen LogP contribution is 2.33. The molecule has 0 atom stereocenters. The molecule has 0 radical (unpaired) electrons. The first kappa shape index (κ1) is 17.6. The van der Waals surface area contributed by atoms with E-state index in [-0.39, 0.29) is 5.82 Å². The Hall–Kier alpha value is -3.48. The largest absolute Gasteiger partial charge is 0.383 e. The van der Waals surface area contributed by atoms with Crippen molar-refractivity contribution in [3.05, 3.63) is 66.0 Å². The van der Waals surface area contributed by atoms with E-state index in [0.717, 1.165) is 17.7 Å². The van der Waals surface area contributed by atoms with Gasteiger partial charge in [-0.2, -0.15) is 4.98 Å². The van der Waals surface area contributed by atoms with Crippen molar-refractivity contribution in [1.82, 2.24) is 19.7 Å². The number of hydrogen-bond donors (Lipinski definition) is 2. The molecule has 4 aromatic rings. The third-order valence-corrected chi connectivity index (χ3v) is 5.18. The number of aromatic nitrogens is 4. The Morgan fingerprint density at radius 1 is 1.03 bits per heavy atom. The fraction of sp³-hybridized carbons (Fsp3) is 0.227. The monoisotopic (exact) mass is 388 g/mol. The van der Waals surface area contributed by atoms with Gasteiger partial charge < -0.3 is 11.1 Å². The van der Waals surface area contributed by atoms with E-state index >= 15 is 0 Å². The number of hydrogen-bond acceptors (Lipinski definition) is 5. The second-order valence-corrected chi connectivity index (χ2v) is 7.45. The normalized spacial score (nSPS) is 13.7. The second-order valence-electron chi connectivity index (χ2n) is 7.45. The number of benzene rings is 2. The maximum atomic E-state index is 13.5. The number of fused-ring (bicyclic) bond motifs is 1. The highest BCUT2D eigenvalue weighted by Gasteiger charge is 2.22. The average molecular weight is 388 g/mol. The summed E-state index contributed by atoms with van der Waals surface area (Å²) < 4.78 is 15.2. The van der Waals surface area contributed by atoms with Crippen molar-refractivity contribution in [1.29, 1.82) is 0 Å². The predicted octanol–water partition coefficient (Wildman–Crippen LogP) is 4.08. The molecule has 5 rings (SSSR count). The van der Waals surface area contributed by atoms with Crippen LogP contribution in [0.2, 0.25) is 0 Å². The Balaban J connectivity index is 1.61. The summed E-state index contributed by atoms with van der Waals surface area (Å²) in [5, 5.41) is 8.64. The fourth-order valence-electron chi connectivity index (χ4n) is 3.38. The Kier molecular flexibility index (Phi) is 4.35. The smallest absolute Gasteiger partial charge is 0.225 e. The summed E-state index contributed by atoms with van der Waals surface area (Å²) in [6.07, 6.45) is 2.47. The number of nitrogen functional groups attached to an aromatic ring is 1. The van der Waals surface area contributed by atoms with E-state index < -0.39 is 0 Å². The van der Waals surface area contributed by atoms with E-state index in [2.05, 4.69) is 15.4 Å². The molecule has 2 aromatic heterocycles. The predicted molar refractivity (Wildman–Crippen MR) is 112 cm³/mol. The molecule has 0 bridgehead atoms. The van der Waals surface area contributed by atoms with Crippen molar-refractivity contribution < 1.29 is 4.39 Å². The van der Waals surface area contributed by atoms with Gasteiger partial charge in [0.05, 0.1) is 17.6 Å². The lowest BCUT2D eigenvalue weighted by molar-refractivity contribution is 0.628. The van der Waals surface area contributed by atoms with Crippen LogP contribution in [0.4, 0.5) is 16.2 Å². The molecule has 1 aliphatic carbocycles. The molecule has 2 aromatic carbocycles. The number of halogens is 1. The van der Waals surface area contributed by atoms with Crippen LogP contribution in [-0.2, 0) is 6.54 Å². The molecule has 2 heterocycles. The molecule has 0 unspecified atom stereocenters. The van der Waals surface area contributed by atoms with Crippen LogP contribution in [-0.4, -0.2) is 26.3 Å². The molecule has 0 spiro atoms. The number of nitrogens with one attached hydrogen (secondary N) is 1. The lowest BCUT2D eigenvalue weighted by Crippen LogP contribution is -2.07. The van der Waals surface area contributed by atoms with Gasteiger partial charge in [-0.25, -0.2) is 14.1 Å². The first-order chi connectivity index (χ1) is 14.2. The number of rotatable bonds is 6. The van der Waals surface area contributed by atoms with Gasteiger partial charge in [0, 0.05) is 12.1 Å². The van der Waals surface area contributed by atoms with Gasteiger partial charge in [0.2, 0.25) is 5.95 Å². The molecular formula is C22H21FN6. The van der Waals surface area contributed by atoms with Crippen LogP contribution in [0.25, 0.3) is 22.3 Å². The number of nitrogens with zero attached hydrogens (tertiary/aromatic N) is 4. The summed E-state index contributed by atoms with van der Waals surface area (Å²) in [5.74, 6) is 1.41.